The first-order valence-corrected chi connectivity index (χ1v) is 7.34. The molecule has 0 aliphatic carbocycles. The van der Waals surface area contributed by atoms with Gasteiger partial charge >= 0.3 is 6.18 Å². The first-order valence-electron chi connectivity index (χ1n) is 6.97. The van der Waals surface area contributed by atoms with Crippen LogP contribution in [0.25, 0.3) is 5.69 Å². The van der Waals surface area contributed by atoms with Crippen molar-refractivity contribution in [2.45, 2.75) is 6.18 Å². The number of rotatable bonds is 3. The smallest absolute Gasteiger partial charge is 0.322 e. The molecule has 26 heavy (non-hydrogen) atoms. The molecule has 1 N–H and O–H groups in total. The predicted molar refractivity (Wildman–Crippen MR) is 83.5 cm³/mol. The van der Waals surface area contributed by atoms with Gasteiger partial charge in [0.2, 0.25) is 0 Å². The average molecular weight is 386 g/mol. The van der Waals surface area contributed by atoms with Crippen molar-refractivity contribution in [3.63, 3.8) is 0 Å². The molecule has 0 saturated carbocycles. The van der Waals surface area contributed by atoms with Crippen LogP contribution in [0.15, 0.2) is 42.7 Å². The lowest BCUT2D eigenvalue weighted by atomic mass is 10.1. The third-order valence-electron chi connectivity index (χ3n) is 3.33. The Morgan fingerprint density at radius 2 is 1.92 bits per heavy atom. The summed E-state index contributed by atoms with van der Waals surface area (Å²) in [5.74, 6) is -1.41. The van der Waals surface area contributed by atoms with Crippen LogP contribution in [0.3, 0.4) is 0 Å². The van der Waals surface area contributed by atoms with E-state index >= 15 is 0 Å². The van der Waals surface area contributed by atoms with E-state index in [1.165, 1.54) is 12.1 Å². The Morgan fingerprint density at radius 3 is 2.58 bits per heavy atom. The molecule has 0 aliphatic heterocycles. The number of nitrogens with zero attached hydrogens (tertiary/aromatic N) is 4. The summed E-state index contributed by atoms with van der Waals surface area (Å²) >= 11 is 5.54. The molecule has 1 heterocycles. The Morgan fingerprint density at radius 1 is 1.15 bits per heavy atom. The quantitative estimate of drug-likeness (QED) is 0.697. The molecule has 0 aliphatic rings. The van der Waals surface area contributed by atoms with Gasteiger partial charge in [0.25, 0.3) is 5.91 Å². The largest absolute Gasteiger partial charge is 0.417 e. The highest BCUT2D eigenvalue weighted by Gasteiger charge is 2.33. The summed E-state index contributed by atoms with van der Waals surface area (Å²) in [6.45, 7) is 0. The van der Waals surface area contributed by atoms with E-state index in [4.69, 9.17) is 11.6 Å². The van der Waals surface area contributed by atoms with Crippen molar-refractivity contribution in [3.8, 4) is 5.69 Å². The highest BCUT2D eigenvalue weighted by atomic mass is 35.5. The second-order valence-corrected chi connectivity index (χ2v) is 5.47. The fraction of sp³-hybridized carbons (Fsp3) is 0.0667. The first-order chi connectivity index (χ1) is 12.3. The number of benzene rings is 2. The maximum Gasteiger partial charge on any atom is 0.417 e. The van der Waals surface area contributed by atoms with Crippen molar-refractivity contribution in [3.05, 3.63) is 64.7 Å². The number of nitrogens with one attached hydrogen (secondary N) is 1. The molecular formula is C15H8ClF4N5O. The van der Waals surface area contributed by atoms with Crippen LogP contribution in [0, 0.1) is 5.82 Å². The van der Waals surface area contributed by atoms with Crippen LogP contribution in [0.2, 0.25) is 5.02 Å². The number of anilines is 1. The van der Waals surface area contributed by atoms with Crippen molar-refractivity contribution in [1.82, 2.24) is 20.2 Å². The molecule has 0 atom stereocenters. The van der Waals surface area contributed by atoms with Crippen molar-refractivity contribution in [2.24, 2.45) is 0 Å². The number of halogens is 5. The number of aromatic nitrogens is 4. The van der Waals surface area contributed by atoms with Gasteiger partial charge in [0.1, 0.15) is 12.1 Å². The number of carbonyl (C=O) groups excluding carboxylic acids is 1. The van der Waals surface area contributed by atoms with Crippen LogP contribution in [0.5, 0.6) is 0 Å². The van der Waals surface area contributed by atoms with E-state index < -0.39 is 28.5 Å². The molecule has 6 nitrogen and oxygen atoms in total. The van der Waals surface area contributed by atoms with E-state index in [2.05, 4.69) is 20.8 Å². The normalized spacial score (nSPS) is 11.4. The van der Waals surface area contributed by atoms with Crippen LogP contribution in [-0.2, 0) is 6.18 Å². The lowest BCUT2D eigenvalue weighted by Crippen LogP contribution is -2.16. The third kappa shape index (κ3) is 3.64. The van der Waals surface area contributed by atoms with Gasteiger partial charge in [0.05, 0.1) is 21.8 Å². The van der Waals surface area contributed by atoms with E-state index in [0.29, 0.717) is 6.07 Å². The molecule has 2 aromatic carbocycles. The van der Waals surface area contributed by atoms with Crippen LogP contribution in [0.4, 0.5) is 23.2 Å². The zero-order valence-corrected chi connectivity index (χ0v) is 13.4. The molecule has 0 radical (unpaired) electrons. The summed E-state index contributed by atoms with van der Waals surface area (Å²) in [5, 5.41) is 12.2. The van der Waals surface area contributed by atoms with E-state index in [0.717, 1.165) is 29.2 Å². The maximum atomic E-state index is 13.5. The summed E-state index contributed by atoms with van der Waals surface area (Å²) < 4.78 is 53.3. The van der Waals surface area contributed by atoms with Crippen molar-refractivity contribution in [2.75, 3.05) is 5.32 Å². The minimum Gasteiger partial charge on any atom is -0.322 e. The standard InChI is InChI=1S/C15H8ClF4N5O/c16-12-4-2-9(6-11(12)15(18,19)20)22-14(26)10-3-1-8(17)5-13(10)25-7-21-23-24-25/h1-7H,(H,22,26). The lowest BCUT2D eigenvalue weighted by molar-refractivity contribution is -0.137. The average Bonchev–Trinajstić information content (AvgIpc) is 3.09. The summed E-state index contributed by atoms with van der Waals surface area (Å²) in [5.41, 5.74) is -1.23. The number of hydrogen-bond acceptors (Lipinski definition) is 4. The zero-order valence-electron chi connectivity index (χ0n) is 12.6. The summed E-state index contributed by atoms with van der Waals surface area (Å²) in [6.07, 6.45) is -3.53. The minimum atomic E-state index is -4.68. The van der Waals surface area contributed by atoms with Gasteiger partial charge in [-0.2, -0.15) is 17.9 Å². The van der Waals surface area contributed by atoms with Crippen molar-refractivity contribution in [1.29, 1.82) is 0 Å². The number of alkyl halides is 3. The molecule has 0 bridgehead atoms. The topological polar surface area (TPSA) is 72.7 Å². The number of tetrazole rings is 1. The number of amides is 1. The molecule has 0 spiro atoms. The van der Waals surface area contributed by atoms with Gasteiger partial charge in [-0.15, -0.1) is 5.10 Å². The molecule has 3 rings (SSSR count). The van der Waals surface area contributed by atoms with E-state index in [9.17, 15) is 22.4 Å². The van der Waals surface area contributed by atoms with Crippen LogP contribution in [-0.4, -0.2) is 26.1 Å². The zero-order chi connectivity index (χ0) is 18.9. The van der Waals surface area contributed by atoms with Gasteiger partial charge < -0.3 is 5.32 Å². The maximum absolute atomic E-state index is 13.5. The van der Waals surface area contributed by atoms with Crippen molar-refractivity contribution < 1.29 is 22.4 Å². The van der Waals surface area contributed by atoms with Crippen LogP contribution < -0.4 is 5.32 Å². The van der Waals surface area contributed by atoms with E-state index in [1.54, 1.807) is 0 Å². The van der Waals surface area contributed by atoms with Crippen molar-refractivity contribution >= 4 is 23.2 Å². The minimum absolute atomic E-state index is 0.0255. The SMILES string of the molecule is O=C(Nc1ccc(Cl)c(C(F)(F)F)c1)c1ccc(F)cc1-n1cnnn1. The van der Waals surface area contributed by atoms with Gasteiger partial charge in [-0.05, 0) is 40.8 Å². The van der Waals surface area contributed by atoms with Gasteiger partial charge in [0, 0.05) is 11.8 Å². The molecule has 1 aromatic heterocycles. The Labute approximate surface area is 148 Å². The molecule has 1 amide bonds. The Kier molecular flexibility index (Phi) is 4.60. The highest BCUT2D eigenvalue weighted by molar-refractivity contribution is 6.31. The molecule has 0 fully saturated rings. The third-order valence-corrected chi connectivity index (χ3v) is 3.66. The monoisotopic (exact) mass is 385 g/mol. The molecular weight excluding hydrogens is 378 g/mol. The fourth-order valence-corrected chi connectivity index (χ4v) is 2.40. The van der Waals surface area contributed by atoms with E-state index in [-0.39, 0.29) is 16.9 Å². The number of carbonyl (C=O) groups is 1. The Bertz CT molecular complexity index is 959. The predicted octanol–water partition coefficient (Wildman–Crippen LogP) is 3.73. The van der Waals surface area contributed by atoms with Gasteiger partial charge in [-0.3, -0.25) is 4.79 Å². The Balaban J connectivity index is 1.95. The molecule has 0 saturated heterocycles. The highest BCUT2D eigenvalue weighted by Crippen LogP contribution is 2.36. The van der Waals surface area contributed by atoms with Gasteiger partial charge in [-0.1, -0.05) is 11.6 Å². The van der Waals surface area contributed by atoms with Gasteiger partial charge in [-0.25, -0.2) is 4.39 Å². The summed E-state index contributed by atoms with van der Waals surface area (Å²) in [6, 6.07) is 6.17. The molecule has 134 valence electrons. The number of hydrogen-bond donors (Lipinski definition) is 1. The van der Waals surface area contributed by atoms with Gasteiger partial charge in [0.15, 0.2) is 0 Å². The Hall–Kier alpha value is -3.01. The molecule has 11 heteroatoms. The first kappa shape index (κ1) is 17.8. The molecule has 0 unspecified atom stereocenters. The fourth-order valence-electron chi connectivity index (χ4n) is 2.18. The van der Waals surface area contributed by atoms with Crippen LogP contribution in [0.1, 0.15) is 15.9 Å². The second kappa shape index (κ2) is 6.71. The summed E-state index contributed by atoms with van der Waals surface area (Å²) in [7, 11) is 0. The second-order valence-electron chi connectivity index (χ2n) is 5.06. The summed E-state index contributed by atoms with van der Waals surface area (Å²) in [4.78, 5) is 12.5. The molecule has 3 aromatic rings. The lowest BCUT2D eigenvalue weighted by Gasteiger charge is -2.13. The van der Waals surface area contributed by atoms with E-state index in [1.807, 2.05) is 0 Å². The van der Waals surface area contributed by atoms with Crippen LogP contribution >= 0.6 is 11.6 Å².